The van der Waals surface area contributed by atoms with Crippen molar-refractivity contribution in [3.8, 4) is 28.6 Å². The van der Waals surface area contributed by atoms with Crippen LogP contribution in [0.5, 0.6) is 5.75 Å². The van der Waals surface area contributed by atoms with Crippen LogP contribution in [0.4, 0.5) is 0 Å². The van der Waals surface area contributed by atoms with Crippen molar-refractivity contribution >= 4 is 0 Å². The highest BCUT2D eigenvalue weighted by Crippen LogP contribution is 2.24. The number of phenols is 1. The Morgan fingerprint density at radius 3 is 2.41 bits per heavy atom. The number of rotatable bonds is 6. The van der Waals surface area contributed by atoms with E-state index in [2.05, 4.69) is 39.7 Å². The molecule has 1 fully saturated rings. The average molecular weight is 363 g/mol. The minimum atomic E-state index is 0.217. The van der Waals surface area contributed by atoms with Gasteiger partial charge >= 0.3 is 0 Å². The first-order valence-electron chi connectivity index (χ1n) is 9.71. The number of hydrogen-bond donors (Lipinski definition) is 2. The van der Waals surface area contributed by atoms with Gasteiger partial charge in [0.2, 0.25) is 5.82 Å². The Morgan fingerprint density at radius 2 is 1.67 bits per heavy atom. The zero-order valence-corrected chi connectivity index (χ0v) is 15.4. The molecule has 1 saturated heterocycles. The zero-order chi connectivity index (χ0) is 18.5. The van der Waals surface area contributed by atoms with Crippen molar-refractivity contribution in [1.29, 1.82) is 0 Å². The van der Waals surface area contributed by atoms with Gasteiger partial charge < -0.3 is 14.9 Å². The maximum atomic E-state index is 9.38. The second-order valence-electron chi connectivity index (χ2n) is 7.25. The van der Waals surface area contributed by atoms with Gasteiger partial charge in [-0.15, -0.1) is 0 Å². The molecular weight excluding hydrogens is 338 g/mol. The Morgan fingerprint density at radius 1 is 0.963 bits per heavy atom. The fraction of sp³-hybridized carbons (Fsp3) is 0.364. The molecule has 0 atom stereocenters. The summed E-state index contributed by atoms with van der Waals surface area (Å²) in [6.45, 7) is 2.35. The van der Waals surface area contributed by atoms with Crippen molar-refractivity contribution in [2.45, 2.75) is 32.1 Å². The largest absolute Gasteiger partial charge is 0.508 e. The quantitative estimate of drug-likeness (QED) is 0.678. The maximum Gasteiger partial charge on any atom is 0.258 e. The Bertz CT molecular complexity index is 850. The predicted molar refractivity (Wildman–Crippen MR) is 105 cm³/mol. The van der Waals surface area contributed by atoms with E-state index in [1.54, 1.807) is 24.3 Å². The Hall–Kier alpha value is -2.66. The summed E-state index contributed by atoms with van der Waals surface area (Å²) < 4.78 is 5.36. The summed E-state index contributed by atoms with van der Waals surface area (Å²) in [7, 11) is 0. The van der Waals surface area contributed by atoms with E-state index >= 15 is 0 Å². The molecule has 5 nitrogen and oxygen atoms in total. The highest BCUT2D eigenvalue weighted by molar-refractivity contribution is 5.60. The van der Waals surface area contributed by atoms with Gasteiger partial charge in [0, 0.05) is 11.1 Å². The van der Waals surface area contributed by atoms with E-state index in [0.717, 1.165) is 23.5 Å². The topological polar surface area (TPSA) is 71.2 Å². The van der Waals surface area contributed by atoms with E-state index in [1.807, 2.05) is 0 Å². The SMILES string of the molecule is Oc1ccc(-c2nc(-c3ccc(CCCC4CCNCC4)cc3)no2)cc1. The molecule has 0 radical (unpaired) electrons. The Balaban J connectivity index is 1.35. The molecule has 0 unspecified atom stereocenters. The first kappa shape index (κ1) is 17.7. The maximum absolute atomic E-state index is 9.38. The zero-order valence-electron chi connectivity index (χ0n) is 15.4. The number of piperidine rings is 1. The second kappa shape index (κ2) is 8.35. The molecule has 2 aromatic carbocycles. The van der Waals surface area contributed by atoms with Gasteiger partial charge in [0.05, 0.1) is 0 Å². The van der Waals surface area contributed by atoms with E-state index in [1.165, 1.54) is 44.3 Å². The molecule has 0 saturated carbocycles. The molecule has 3 aromatic rings. The second-order valence-corrected chi connectivity index (χ2v) is 7.25. The van der Waals surface area contributed by atoms with Crippen LogP contribution in [0.25, 0.3) is 22.8 Å². The third-order valence-corrected chi connectivity index (χ3v) is 5.29. The lowest BCUT2D eigenvalue weighted by molar-refractivity contribution is 0.347. The van der Waals surface area contributed by atoms with Crippen LogP contribution in [0.1, 0.15) is 31.2 Å². The third-order valence-electron chi connectivity index (χ3n) is 5.29. The van der Waals surface area contributed by atoms with Crippen LogP contribution in [0, 0.1) is 5.92 Å². The van der Waals surface area contributed by atoms with Crippen LogP contribution in [0.15, 0.2) is 53.1 Å². The van der Waals surface area contributed by atoms with Crippen molar-refractivity contribution in [2.24, 2.45) is 5.92 Å². The minimum absolute atomic E-state index is 0.217. The standard InChI is InChI=1S/C22H25N3O2/c26-20-10-8-19(9-11-20)22-24-21(25-27-22)18-6-4-16(5-7-18)2-1-3-17-12-14-23-15-13-17/h4-11,17,23,26H,1-3,12-15H2. The summed E-state index contributed by atoms with van der Waals surface area (Å²) in [5.74, 6) is 2.15. The van der Waals surface area contributed by atoms with Crippen LogP contribution in [-0.2, 0) is 6.42 Å². The number of aromatic nitrogens is 2. The van der Waals surface area contributed by atoms with Crippen molar-refractivity contribution in [2.75, 3.05) is 13.1 Å². The normalized spacial score (nSPS) is 15.1. The minimum Gasteiger partial charge on any atom is -0.508 e. The van der Waals surface area contributed by atoms with Gasteiger partial charge in [-0.1, -0.05) is 35.8 Å². The number of benzene rings is 2. The lowest BCUT2D eigenvalue weighted by Crippen LogP contribution is -2.27. The number of hydrogen-bond acceptors (Lipinski definition) is 5. The van der Waals surface area contributed by atoms with Crippen LogP contribution in [0.2, 0.25) is 0 Å². The molecule has 0 spiro atoms. The molecule has 0 aliphatic carbocycles. The molecule has 140 valence electrons. The summed E-state index contributed by atoms with van der Waals surface area (Å²) in [6.07, 6.45) is 6.33. The number of nitrogens with zero attached hydrogens (tertiary/aromatic N) is 2. The third kappa shape index (κ3) is 4.55. The predicted octanol–water partition coefficient (Wildman–Crippen LogP) is 4.43. The number of aryl methyl sites for hydroxylation is 1. The van der Waals surface area contributed by atoms with Gasteiger partial charge in [0.25, 0.3) is 5.89 Å². The Labute approximate surface area is 159 Å². The van der Waals surface area contributed by atoms with E-state index in [4.69, 9.17) is 4.52 Å². The Kier molecular flexibility index (Phi) is 5.49. The number of aromatic hydroxyl groups is 1. The van der Waals surface area contributed by atoms with Gasteiger partial charge in [-0.2, -0.15) is 4.98 Å². The van der Waals surface area contributed by atoms with Gasteiger partial charge in [-0.25, -0.2) is 0 Å². The van der Waals surface area contributed by atoms with Crippen molar-refractivity contribution in [1.82, 2.24) is 15.5 Å². The summed E-state index contributed by atoms with van der Waals surface area (Å²) in [5.41, 5.74) is 3.10. The summed E-state index contributed by atoms with van der Waals surface area (Å²) in [6, 6.07) is 15.2. The smallest absolute Gasteiger partial charge is 0.258 e. The monoisotopic (exact) mass is 363 g/mol. The molecule has 0 bridgehead atoms. The van der Waals surface area contributed by atoms with Gasteiger partial charge in [0.15, 0.2) is 0 Å². The molecule has 2 N–H and O–H groups in total. The molecule has 5 heteroatoms. The van der Waals surface area contributed by atoms with Gasteiger partial charge in [0.1, 0.15) is 5.75 Å². The lowest BCUT2D eigenvalue weighted by atomic mass is 9.91. The van der Waals surface area contributed by atoms with Crippen molar-refractivity contribution in [3.05, 3.63) is 54.1 Å². The van der Waals surface area contributed by atoms with Crippen molar-refractivity contribution < 1.29 is 9.63 Å². The molecular formula is C22H25N3O2. The molecule has 0 amide bonds. The van der Waals surface area contributed by atoms with Crippen molar-refractivity contribution in [3.63, 3.8) is 0 Å². The van der Waals surface area contributed by atoms with Gasteiger partial charge in [-0.05, 0) is 74.5 Å². The summed E-state index contributed by atoms with van der Waals surface area (Å²) in [5, 5.41) is 16.9. The molecule has 1 aromatic heterocycles. The average Bonchev–Trinajstić information content (AvgIpc) is 3.20. The highest BCUT2D eigenvalue weighted by Gasteiger charge is 2.13. The molecule has 1 aliphatic rings. The van der Waals surface area contributed by atoms with Crippen LogP contribution >= 0.6 is 0 Å². The fourth-order valence-corrected chi connectivity index (χ4v) is 3.65. The van der Waals surface area contributed by atoms with Crippen LogP contribution < -0.4 is 5.32 Å². The first-order chi connectivity index (χ1) is 13.3. The van der Waals surface area contributed by atoms with Crippen LogP contribution in [0.3, 0.4) is 0 Å². The van der Waals surface area contributed by atoms with Gasteiger partial charge in [-0.3, -0.25) is 0 Å². The summed E-state index contributed by atoms with van der Waals surface area (Å²) in [4.78, 5) is 4.47. The highest BCUT2D eigenvalue weighted by atomic mass is 16.5. The van der Waals surface area contributed by atoms with E-state index in [0.29, 0.717) is 11.7 Å². The fourth-order valence-electron chi connectivity index (χ4n) is 3.65. The number of phenolic OH excluding ortho intramolecular Hbond substituents is 1. The molecule has 2 heterocycles. The van der Waals surface area contributed by atoms with E-state index in [9.17, 15) is 5.11 Å². The molecule has 4 rings (SSSR count). The van der Waals surface area contributed by atoms with E-state index in [-0.39, 0.29) is 5.75 Å². The molecule has 1 aliphatic heterocycles. The first-order valence-corrected chi connectivity index (χ1v) is 9.71. The molecule has 27 heavy (non-hydrogen) atoms. The van der Waals surface area contributed by atoms with E-state index < -0.39 is 0 Å². The number of nitrogens with one attached hydrogen (secondary N) is 1. The lowest BCUT2D eigenvalue weighted by Gasteiger charge is -2.22. The van der Waals surface area contributed by atoms with Crippen LogP contribution in [-0.4, -0.2) is 28.3 Å². The summed E-state index contributed by atoms with van der Waals surface area (Å²) >= 11 is 0.